The molecule has 2 fully saturated rings. The Hall–Kier alpha value is -2.89. The lowest BCUT2D eigenvalue weighted by Gasteiger charge is -2.49. The monoisotopic (exact) mass is 462 g/mol. The Kier molecular flexibility index (Phi) is 8.11. The van der Waals surface area contributed by atoms with Crippen LogP contribution in [0.5, 0.6) is 5.75 Å². The summed E-state index contributed by atoms with van der Waals surface area (Å²) in [6, 6.07) is 6.03. The van der Waals surface area contributed by atoms with E-state index in [0.717, 1.165) is 25.1 Å². The van der Waals surface area contributed by atoms with Crippen molar-refractivity contribution in [3.05, 3.63) is 29.8 Å². The number of rotatable bonds is 11. The molecule has 3 atom stereocenters. The van der Waals surface area contributed by atoms with E-state index in [0.29, 0.717) is 25.3 Å². The largest absolute Gasteiger partial charge is 0.490 e. The average Bonchev–Trinajstić information content (AvgIpc) is 3.18. The van der Waals surface area contributed by atoms with Crippen molar-refractivity contribution in [1.82, 2.24) is 15.1 Å². The summed E-state index contributed by atoms with van der Waals surface area (Å²) in [6.07, 6.45) is 0.526. The fraction of sp³-hybridized carbons (Fsp3) is 0.591. The Morgan fingerprint density at radius 2 is 2.03 bits per heavy atom. The molecule has 0 bridgehead atoms. The average molecular weight is 463 g/mol. The van der Waals surface area contributed by atoms with Gasteiger partial charge in [0, 0.05) is 26.2 Å². The maximum Gasteiger partial charge on any atom is 0.412 e. The Bertz CT molecular complexity index is 844. The molecule has 0 spiro atoms. The predicted octanol–water partition coefficient (Wildman–Crippen LogP) is 0.178. The molecule has 11 nitrogen and oxygen atoms in total. The van der Waals surface area contributed by atoms with Crippen LogP contribution in [0.4, 0.5) is 4.79 Å². The van der Waals surface area contributed by atoms with Crippen LogP contribution in [0.15, 0.2) is 24.3 Å². The number of ether oxygens (including phenoxy) is 2. The first-order valence-corrected chi connectivity index (χ1v) is 11.3. The van der Waals surface area contributed by atoms with E-state index in [-0.39, 0.29) is 25.4 Å². The molecule has 0 radical (unpaired) electrons. The van der Waals surface area contributed by atoms with Crippen LogP contribution in [0.1, 0.15) is 25.3 Å². The van der Waals surface area contributed by atoms with Gasteiger partial charge in [-0.1, -0.05) is 25.5 Å². The van der Waals surface area contributed by atoms with E-state index in [1.807, 2.05) is 6.92 Å². The lowest BCUT2D eigenvalue weighted by molar-refractivity contribution is -0.138. The maximum atomic E-state index is 12.9. The molecule has 0 aliphatic carbocycles. The smallest absolute Gasteiger partial charge is 0.412 e. The van der Waals surface area contributed by atoms with E-state index in [4.69, 9.17) is 31.5 Å². The molecule has 1 amide bonds. The van der Waals surface area contributed by atoms with Gasteiger partial charge < -0.3 is 31.4 Å². The van der Waals surface area contributed by atoms with Gasteiger partial charge in [-0.15, -0.1) is 0 Å². The van der Waals surface area contributed by atoms with Gasteiger partial charge in [-0.25, -0.2) is 4.79 Å². The first kappa shape index (κ1) is 24.7. The van der Waals surface area contributed by atoms with E-state index in [2.05, 4.69) is 10.2 Å². The van der Waals surface area contributed by atoms with Crippen LogP contribution in [0.25, 0.3) is 0 Å². The van der Waals surface area contributed by atoms with E-state index < -0.39 is 29.9 Å². The number of nitrogens with one attached hydrogen (secondary N) is 2. The number of hydrogen-bond acceptors (Lipinski definition) is 8. The number of hydrogen-bond donors (Lipinski definition) is 5. The summed E-state index contributed by atoms with van der Waals surface area (Å²) in [5, 5.41) is 20.6. The number of carbonyl (C=O) groups excluding carboxylic acids is 1. The molecule has 2 aliphatic heterocycles. The Labute approximate surface area is 193 Å². The van der Waals surface area contributed by atoms with Crippen molar-refractivity contribution in [3.63, 3.8) is 0 Å². The Balaban J connectivity index is 1.64. The molecule has 2 heterocycles. The van der Waals surface area contributed by atoms with Crippen molar-refractivity contribution in [3.8, 4) is 5.75 Å². The highest BCUT2D eigenvalue weighted by Crippen LogP contribution is 2.32. The van der Waals surface area contributed by atoms with Gasteiger partial charge in [-0.3, -0.25) is 20.0 Å². The topological polar surface area (TPSA) is 167 Å². The lowest BCUT2D eigenvalue weighted by atomic mass is 9.97. The van der Waals surface area contributed by atoms with Gasteiger partial charge >= 0.3 is 12.1 Å². The summed E-state index contributed by atoms with van der Waals surface area (Å²) in [6.45, 7) is 5.33. The van der Waals surface area contributed by atoms with Crippen LogP contribution < -0.4 is 21.5 Å². The van der Waals surface area contributed by atoms with Gasteiger partial charge in [0.15, 0.2) is 11.8 Å². The van der Waals surface area contributed by atoms with Gasteiger partial charge in [0.25, 0.3) is 0 Å². The number of piperazine rings is 1. The molecule has 7 N–H and O–H groups in total. The van der Waals surface area contributed by atoms with Crippen LogP contribution in [0, 0.1) is 5.41 Å². The third kappa shape index (κ3) is 5.55. The molecule has 2 saturated heterocycles. The fourth-order valence-corrected chi connectivity index (χ4v) is 4.46. The summed E-state index contributed by atoms with van der Waals surface area (Å²) < 4.78 is 11.4. The number of amidine groups is 1. The van der Waals surface area contributed by atoms with Crippen LogP contribution in [0.2, 0.25) is 0 Å². The van der Waals surface area contributed by atoms with Gasteiger partial charge in [0.1, 0.15) is 24.2 Å². The molecule has 0 aromatic heterocycles. The molecule has 11 heteroatoms. The number of carboxylic acids is 1. The van der Waals surface area contributed by atoms with Gasteiger partial charge in [0.2, 0.25) is 0 Å². The molecule has 1 aromatic carbocycles. The van der Waals surface area contributed by atoms with Crippen LogP contribution in [-0.2, 0) is 16.0 Å². The minimum absolute atomic E-state index is 0.0556. The molecule has 0 saturated carbocycles. The molecule has 3 unspecified atom stereocenters. The van der Waals surface area contributed by atoms with Crippen molar-refractivity contribution in [2.45, 2.75) is 44.0 Å². The predicted molar refractivity (Wildman–Crippen MR) is 122 cm³/mol. The van der Waals surface area contributed by atoms with E-state index in [9.17, 15) is 9.59 Å². The van der Waals surface area contributed by atoms with Crippen molar-refractivity contribution in [1.29, 1.82) is 5.41 Å². The first-order chi connectivity index (χ1) is 15.8. The standard InChI is InChI=1S/C22H34N6O5/c1-2-7-22(20(24)25,27-10-8-26-9-11-27)28-13-17(33-21(28)31)14-32-16-5-3-15(4-6-16)12-18(23)19(29)30/h3-6,17-18,26H,2,7-14,23H2,1H3,(H3,24,25)(H,29,30). The van der Waals surface area contributed by atoms with Gasteiger partial charge in [-0.05, 0) is 30.5 Å². The molecule has 33 heavy (non-hydrogen) atoms. The number of cyclic esters (lactones) is 1. The first-order valence-electron chi connectivity index (χ1n) is 11.3. The SMILES string of the molecule is CCCC(C(=N)N)(N1CCNCC1)N1CC(COc2ccc(CC(N)C(=O)O)cc2)OC1=O. The van der Waals surface area contributed by atoms with Crippen molar-refractivity contribution >= 4 is 17.9 Å². The Morgan fingerprint density at radius 3 is 2.61 bits per heavy atom. The van der Waals surface area contributed by atoms with E-state index in [1.165, 1.54) is 0 Å². The molecule has 3 rings (SSSR count). The summed E-state index contributed by atoms with van der Waals surface area (Å²) >= 11 is 0. The van der Waals surface area contributed by atoms with Crippen molar-refractivity contribution in [2.24, 2.45) is 11.5 Å². The minimum Gasteiger partial charge on any atom is -0.490 e. The highest BCUT2D eigenvalue weighted by atomic mass is 16.6. The van der Waals surface area contributed by atoms with Gasteiger partial charge in [0.05, 0.1) is 6.54 Å². The zero-order chi connectivity index (χ0) is 24.0. The fourth-order valence-electron chi connectivity index (χ4n) is 4.46. The maximum absolute atomic E-state index is 12.9. The summed E-state index contributed by atoms with van der Waals surface area (Å²) in [7, 11) is 0. The highest BCUT2D eigenvalue weighted by molar-refractivity contribution is 5.91. The summed E-state index contributed by atoms with van der Waals surface area (Å²) in [4.78, 5) is 27.4. The quantitative estimate of drug-likeness (QED) is 0.227. The molecular formula is C22H34N6O5. The third-order valence-electron chi connectivity index (χ3n) is 6.12. The van der Waals surface area contributed by atoms with Crippen molar-refractivity contribution in [2.75, 3.05) is 39.3 Å². The minimum atomic E-state index is -1.05. The lowest BCUT2D eigenvalue weighted by Crippen LogP contribution is -2.70. The summed E-state index contributed by atoms with van der Waals surface area (Å²) in [5.41, 5.74) is 11.5. The second-order valence-electron chi connectivity index (χ2n) is 8.44. The van der Waals surface area contributed by atoms with Gasteiger partial charge in [-0.2, -0.15) is 0 Å². The number of carboxylic acid groups (broad SMARTS) is 1. The van der Waals surface area contributed by atoms with Crippen molar-refractivity contribution < 1.29 is 24.2 Å². The number of nitrogens with zero attached hydrogens (tertiary/aromatic N) is 2. The number of carbonyl (C=O) groups is 2. The molecule has 2 aliphatic rings. The van der Waals surface area contributed by atoms with E-state index in [1.54, 1.807) is 29.2 Å². The zero-order valence-electron chi connectivity index (χ0n) is 19.0. The number of benzene rings is 1. The third-order valence-corrected chi connectivity index (χ3v) is 6.12. The number of aliphatic carboxylic acids is 1. The molecular weight excluding hydrogens is 428 g/mol. The Morgan fingerprint density at radius 1 is 1.36 bits per heavy atom. The van der Waals surface area contributed by atoms with Crippen LogP contribution in [-0.4, -0.2) is 89.9 Å². The van der Waals surface area contributed by atoms with Crippen LogP contribution >= 0.6 is 0 Å². The normalized spacial score (nSPS) is 21.8. The molecule has 182 valence electrons. The number of nitrogens with two attached hydrogens (primary N) is 2. The zero-order valence-corrected chi connectivity index (χ0v) is 19.0. The van der Waals surface area contributed by atoms with E-state index >= 15 is 0 Å². The number of amides is 1. The second kappa shape index (κ2) is 10.8. The molecule has 1 aromatic rings. The highest BCUT2D eigenvalue weighted by Gasteiger charge is 2.52. The second-order valence-corrected chi connectivity index (χ2v) is 8.44. The summed E-state index contributed by atoms with van der Waals surface area (Å²) in [5.74, 6) is -0.529. The van der Waals surface area contributed by atoms with Crippen LogP contribution in [0.3, 0.4) is 0 Å².